The van der Waals surface area contributed by atoms with Crippen molar-refractivity contribution in [2.45, 2.75) is 18.9 Å². The van der Waals surface area contributed by atoms with Gasteiger partial charge in [-0.2, -0.15) is 5.26 Å². The molecule has 1 aromatic heterocycles. The van der Waals surface area contributed by atoms with Gasteiger partial charge in [-0.25, -0.2) is 18.7 Å². The number of halogens is 2. The Kier molecular flexibility index (Phi) is 4.84. The lowest BCUT2D eigenvalue weighted by Crippen LogP contribution is -2.44. The van der Waals surface area contributed by atoms with Crippen molar-refractivity contribution in [3.63, 3.8) is 0 Å². The number of likely N-dealkylation sites (tertiary alicyclic amines) is 1. The zero-order valence-corrected chi connectivity index (χ0v) is 13.2. The van der Waals surface area contributed by atoms with Crippen LogP contribution in [0.4, 0.5) is 8.78 Å². The Bertz CT molecular complexity index is 838. The lowest BCUT2D eigenvalue weighted by molar-refractivity contribution is 0.0522. The maximum absolute atomic E-state index is 13.8. The molecule has 2 heterocycles. The first-order valence-corrected chi connectivity index (χ1v) is 7.70. The number of nitrogens with zero attached hydrogens (tertiary/aromatic N) is 4. The van der Waals surface area contributed by atoms with Crippen molar-refractivity contribution in [1.82, 2.24) is 14.9 Å². The molecule has 1 aliphatic heterocycles. The molecule has 0 saturated carbocycles. The summed E-state index contributed by atoms with van der Waals surface area (Å²) in [5.41, 5.74) is -0.116. The lowest BCUT2D eigenvalue weighted by Gasteiger charge is -2.32. The molecule has 25 heavy (non-hydrogen) atoms. The molecule has 3 rings (SSSR count). The number of aromatic nitrogens is 2. The fourth-order valence-electron chi connectivity index (χ4n) is 2.70. The molecular weight excluding hydrogens is 330 g/mol. The van der Waals surface area contributed by atoms with E-state index in [1.165, 1.54) is 17.3 Å². The van der Waals surface area contributed by atoms with Crippen LogP contribution in [0, 0.1) is 23.0 Å². The summed E-state index contributed by atoms with van der Waals surface area (Å²) < 4.78 is 32.5. The smallest absolute Gasteiger partial charge is 0.256 e. The van der Waals surface area contributed by atoms with Crippen LogP contribution in [0.1, 0.15) is 28.9 Å². The van der Waals surface area contributed by atoms with Crippen LogP contribution in [0.5, 0.6) is 5.88 Å². The molecule has 2 aromatic rings. The summed E-state index contributed by atoms with van der Waals surface area (Å²) in [6, 6.07) is 4.76. The Labute approximate surface area is 142 Å². The van der Waals surface area contributed by atoms with E-state index in [2.05, 4.69) is 9.97 Å². The number of rotatable bonds is 3. The molecular formula is C17H14F2N4O2. The van der Waals surface area contributed by atoms with Crippen LogP contribution >= 0.6 is 0 Å². The first-order valence-electron chi connectivity index (χ1n) is 7.70. The fourth-order valence-corrected chi connectivity index (χ4v) is 2.70. The predicted octanol–water partition coefficient (Wildman–Crippen LogP) is 2.31. The largest absolute Gasteiger partial charge is 0.470 e. The maximum Gasteiger partial charge on any atom is 0.256 e. The average molecular weight is 344 g/mol. The molecule has 1 fully saturated rings. The Morgan fingerprint density at radius 2 is 2.12 bits per heavy atom. The number of nitriles is 1. The van der Waals surface area contributed by atoms with Gasteiger partial charge in [0, 0.05) is 25.0 Å². The summed E-state index contributed by atoms with van der Waals surface area (Å²) in [4.78, 5) is 21.8. The number of carbonyl (C=O) groups excluding carboxylic acids is 1. The number of piperidine rings is 1. The molecule has 1 atom stereocenters. The molecule has 1 amide bonds. The van der Waals surface area contributed by atoms with Crippen molar-refractivity contribution < 1.29 is 18.3 Å². The van der Waals surface area contributed by atoms with E-state index in [-0.39, 0.29) is 29.8 Å². The van der Waals surface area contributed by atoms with Gasteiger partial charge in [-0.15, -0.1) is 0 Å². The molecule has 0 aliphatic carbocycles. The zero-order chi connectivity index (χ0) is 17.8. The summed E-state index contributed by atoms with van der Waals surface area (Å²) >= 11 is 0. The highest BCUT2D eigenvalue weighted by Crippen LogP contribution is 2.21. The van der Waals surface area contributed by atoms with Crippen molar-refractivity contribution in [2.24, 2.45) is 0 Å². The van der Waals surface area contributed by atoms with Gasteiger partial charge in [-0.3, -0.25) is 4.79 Å². The van der Waals surface area contributed by atoms with E-state index < -0.39 is 17.5 Å². The van der Waals surface area contributed by atoms with Crippen LogP contribution in [-0.2, 0) is 0 Å². The Morgan fingerprint density at radius 1 is 1.32 bits per heavy atom. The highest BCUT2D eigenvalue weighted by atomic mass is 19.1. The van der Waals surface area contributed by atoms with Gasteiger partial charge in [0.2, 0.25) is 5.69 Å². The third kappa shape index (κ3) is 3.71. The van der Waals surface area contributed by atoms with Gasteiger partial charge in [0.25, 0.3) is 11.8 Å². The summed E-state index contributed by atoms with van der Waals surface area (Å²) in [6.45, 7) is 0.665. The zero-order valence-electron chi connectivity index (χ0n) is 13.2. The third-order valence-electron chi connectivity index (χ3n) is 3.88. The van der Waals surface area contributed by atoms with E-state index in [9.17, 15) is 13.6 Å². The Balaban J connectivity index is 1.73. The topological polar surface area (TPSA) is 79.1 Å². The van der Waals surface area contributed by atoms with Crippen LogP contribution in [-0.4, -0.2) is 40.0 Å². The van der Waals surface area contributed by atoms with Crippen molar-refractivity contribution in [2.75, 3.05) is 13.1 Å². The van der Waals surface area contributed by atoms with Crippen LogP contribution in [0.15, 0.2) is 30.6 Å². The molecule has 0 N–H and O–H groups in total. The number of hydrogen-bond donors (Lipinski definition) is 0. The lowest BCUT2D eigenvalue weighted by atomic mass is 10.1. The van der Waals surface area contributed by atoms with Crippen LogP contribution < -0.4 is 4.74 Å². The first-order chi connectivity index (χ1) is 12.1. The first kappa shape index (κ1) is 16.8. The second kappa shape index (κ2) is 7.21. The third-order valence-corrected chi connectivity index (χ3v) is 3.88. The van der Waals surface area contributed by atoms with Crippen molar-refractivity contribution >= 4 is 5.91 Å². The van der Waals surface area contributed by atoms with Crippen LogP contribution in [0.3, 0.4) is 0 Å². The summed E-state index contributed by atoms with van der Waals surface area (Å²) in [6.07, 6.45) is 3.73. The molecule has 0 spiro atoms. The SMILES string of the molecule is N#Cc1nccnc1OC1CCCN(C(=O)c2ccc(F)cc2F)C1. The number of hydrogen-bond acceptors (Lipinski definition) is 5. The van der Waals surface area contributed by atoms with Crippen LogP contribution in [0.25, 0.3) is 0 Å². The van der Waals surface area contributed by atoms with Gasteiger partial charge < -0.3 is 9.64 Å². The quantitative estimate of drug-likeness (QED) is 0.854. The second-order valence-corrected chi connectivity index (χ2v) is 5.58. The fraction of sp³-hybridized carbons (Fsp3) is 0.294. The Morgan fingerprint density at radius 3 is 2.88 bits per heavy atom. The van der Waals surface area contributed by atoms with Crippen molar-refractivity contribution in [3.05, 3.63) is 53.5 Å². The number of carbonyl (C=O) groups is 1. The monoisotopic (exact) mass is 344 g/mol. The van der Waals surface area contributed by atoms with Gasteiger partial charge in [0.05, 0.1) is 12.1 Å². The van der Waals surface area contributed by atoms with Crippen LogP contribution in [0.2, 0.25) is 0 Å². The van der Waals surface area contributed by atoms with Gasteiger partial charge in [-0.05, 0) is 25.0 Å². The van der Waals surface area contributed by atoms with E-state index in [0.717, 1.165) is 12.1 Å². The molecule has 128 valence electrons. The molecule has 1 aliphatic rings. The molecule has 8 heteroatoms. The second-order valence-electron chi connectivity index (χ2n) is 5.58. The minimum absolute atomic E-state index is 0.0653. The van der Waals surface area contributed by atoms with Gasteiger partial charge in [0.1, 0.15) is 23.8 Å². The predicted molar refractivity (Wildman–Crippen MR) is 82.7 cm³/mol. The van der Waals surface area contributed by atoms with Crippen molar-refractivity contribution in [1.29, 1.82) is 5.26 Å². The Hall–Kier alpha value is -3.08. The molecule has 0 bridgehead atoms. The van der Waals surface area contributed by atoms with E-state index in [1.54, 1.807) is 0 Å². The van der Waals surface area contributed by atoms with Gasteiger partial charge in [0.15, 0.2) is 0 Å². The molecule has 1 unspecified atom stereocenters. The molecule has 1 aromatic carbocycles. The van der Waals surface area contributed by atoms with Gasteiger partial charge >= 0.3 is 0 Å². The highest BCUT2D eigenvalue weighted by Gasteiger charge is 2.28. The summed E-state index contributed by atoms with van der Waals surface area (Å²) in [5, 5.41) is 9.02. The molecule has 0 radical (unpaired) electrons. The normalized spacial score (nSPS) is 17.0. The van der Waals surface area contributed by atoms with Gasteiger partial charge in [-0.1, -0.05) is 0 Å². The van der Waals surface area contributed by atoms with E-state index in [0.29, 0.717) is 25.5 Å². The molecule has 1 saturated heterocycles. The summed E-state index contributed by atoms with van der Waals surface area (Å²) in [7, 11) is 0. The van der Waals surface area contributed by atoms with E-state index in [1.807, 2.05) is 6.07 Å². The van der Waals surface area contributed by atoms with Crippen molar-refractivity contribution in [3.8, 4) is 11.9 Å². The van der Waals surface area contributed by atoms with E-state index in [4.69, 9.17) is 10.00 Å². The average Bonchev–Trinajstić information content (AvgIpc) is 2.62. The standard InChI is InChI=1S/C17H14F2N4O2/c18-11-3-4-13(14(19)8-11)17(24)23-7-1-2-12(10-23)25-16-15(9-20)21-5-6-22-16/h3-6,8,12H,1-2,7,10H2. The number of amides is 1. The molecule has 6 nitrogen and oxygen atoms in total. The number of benzene rings is 1. The minimum Gasteiger partial charge on any atom is -0.470 e. The minimum atomic E-state index is -0.895. The summed E-state index contributed by atoms with van der Waals surface area (Å²) in [5.74, 6) is -2.04. The highest BCUT2D eigenvalue weighted by molar-refractivity contribution is 5.94. The maximum atomic E-state index is 13.8. The van der Waals surface area contributed by atoms with E-state index >= 15 is 0 Å². The number of ether oxygens (including phenoxy) is 1.